The van der Waals surface area contributed by atoms with E-state index in [1.54, 1.807) is 57.3 Å². The summed E-state index contributed by atoms with van der Waals surface area (Å²) in [7, 11) is 3.83. The first kappa shape index (κ1) is 31.4. The molecule has 12 nitrogen and oxygen atoms in total. The zero-order valence-corrected chi connectivity index (χ0v) is 29.5. The van der Waals surface area contributed by atoms with Crippen molar-refractivity contribution in [3.63, 3.8) is 0 Å². The first-order valence-electron chi connectivity index (χ1n) is 14.0. The number of aryl methyl sites for hydroxylation is 2. The van der Waals surface area contributed by atoms with Crippen LogP contribution in [0.4, 0.5) is 0 Å². The molecule has 2 aromatic carbocycles. The summed E-state index contributed by atoms with van der Waals surface area (Å²) in [4.78, 5) is 7.90. The van der Waals surface area contributed by atoms with Gasteiger partial charge in [-0.1, -0.05) is 47.7 Å². The number of hydrogen-bond donors (Lipinski definition) is 0. The molecule has 0 aliphatic rings. The van der Waals surface area contributed by atoms with Crippen molar-refractivity contribution in [3.8, 4) is 23.1 Å². The minimum Gasteiger partial charge on any atom is -0.506 e. The van der Waals surface area contributed by atoms with Gasteiger partial charge in [0, 0.05) is 85.3 Å². The van der Waals surface area contributed by atoms with Gasteiger partial charge >= 0.3 is 0 Å². The number of hydrogen-bond acceptors (Lipinski definition) is 6. The Balaban J connectivity index is 0.000000146. The van der Waals surface area contributed by atoms with Crippen molar-refractivity contribution in [3.05, 3.63) is 124 Å². The van der Waals surface area contributed by atoms with Crippen LogP contribution in [0.2, 0.25) is 0 Å². The summed E-state index contributed by atoms with van der Waals surface area (Å²) in [5.41, 5.74) is 3.21. The van der Waals surface area contributed by atoms with E-state index < -0.39 is 0 Å². The van der Waals surface area contributed by atoms with Crippen LogP contribution in [-0.4, -0.2) is 28.2 Å². The second-order valence-corrected chi connectivity index (χ2v) is 10.6. The standard InChI is InChI=1S/2C17H10N4O2.2Pt/c1-19-4-5-21(11-19)15-9-22-16-6-12-8-23-17(13(12)7-14(15)16)20-3-2-18-10-20;1-19-4-5-21(11-19)17-13-7-14-15(20-3-2-18-10-20)9-22-16(14)6-12(13)8-23-17;;/h2*2-6,8-9H,1H3;;/q2*-2;;. The van der Waals surface area contributed by atoms with Gasteiger partial charge in [-0.2, -0.15) is 0 Å². The second-order valence-electron chi connectivity index (χ2n) is 10.6. The van der Waals surface area contributed by atoms with Crippen LogP contribution >= 0.6 is 0 Å². The van der Waals surface area contributed by atoms with Crippen LogP contribution in [0.3, 0.4) is 0 Å². The summed E-state index contributed by atoms with van der Waals surface area (Å²) < 4.78 is 33.5. The Kier molecular flexibility index (Phi) is 8.15. The molecule has 0 radical (unpaired) electrons. The van der Waals surface area contributed by atoms with Gasteiger partial charge in [0.15, 0.2) is 0 Å². The van der Waals surface area contributed by atoms with E-state index in [1.165, 1.54) is 0 Å². The molecule has 0 aliphatic carbocycles. The SMILES string of the molecule is C[n+]1[c-]n(-c2coc3cc4coc(-n5[c-]ncc5)c4[c-]c23)cc1.C[n+]1[c-]n(-c2occ3cc4occ(-n5[c-]ncc5)c4[c-]c23)cc1.[Pt].[Pt]. The summed E-state index contributed by atoms with van der Waals surface area (Å²) in [6, 6.07) is 10.7. The maximum absolute atomic E-state index is 5.70. The third-order valence-electron chi connectivity index (χ3n) is 7.55. The van der Waals surface area contributed by atoms with Crippen molar-refractivity contribution in [2.24, 2.45) is 14.1 Å². The summed E-state index contributed by atoms with van der Waals surface area (Å²) in [5.74, 6) is 1.30. The fraction of sp³-hybridized carbons (Fsp3) is 0.0588. The predicted molar refractivity (Wildman–Crippen MR) is 160 cm³/mol. The van der Waals surface area contributed by atoms with E-state index in [2.05, 4.69) is 47.4 Å². The minimum atomic E-state index is 0. The molecule has 0 aliphatic heterocycles. The maximum atomic E-state index is 5.70. The molecule has 14 heteroatoms. The summed E-state index contributed by atoms with van der Waals surface area (Å²) >= 11 is 0. The second kappa shape index (κ2) is 12.4. The molecule has 0 atom stereocenters. The van der Waals surface area contributed by atoms with Gasteiger partial charge in [-0.15, -0.1) is 12.1 Å². The molecule has 0 spiro atoms. The van der Waals surface area contributed by atoms with Gasteiger partial charge in [0.2, 0.25) is 18.5 Å². The normalized spacial score (nSPS) is 11.2. The van der Waals surface area contributed by atoms with E-state index in [4.69, 9.17) is 17.7 Å². The van der Waals surface area contributed by atoms with Gasteiger partial charge in [-0.3, -0.25) is 4.57 Å². The van der Waals surface area contributed by atoms with E-state index in [0.717, 1.165) is 54.9 Å². The number of benzene rings is 2. The van der Waals surface area contributed by atoms with Gasteiger partial charge in [0.05, 0.1) is 56.0 Å². The molecule has 8 aromatic heterocycles. The van der Waals surface area contributed by atoms with Crippen molar-refractivity contribution in [1.82, 2.24) is 28.2 Å². The number of imidazole rings is 4. The van der Waals surface area contributed by atoms with Crippen molar-refractivity contribution >= 4 is 43.5 Å². The van der Waals surface area contributed by atoms with Gasteiger partial charge < -0.3 is 50.5 Å². The van der Waals surface area contributed by atoms with Crippen molar-refractivity contribution in [1.29, 1.82) is 0 Å². The monoisotopic (exact) mass is 994 g/mol. The van der Waals surface area contributed by atoms with Crippen LogP contribution in [-0.2, 0) is 56.2 Å². The zero-order chi connectivity index (χ0) is 30.8. The molecule has 48 heavy (non-hydrogen) atoms. The van der Waals surface area contributed by atoms with Crippen molar-refractivity contribution < 1.29 is 68.9 Å². The molecule has 0 bridgehead atoms. The maximum Gasteiger partial charge on any atom is 0.247 e. The van der Waals surface area contributed by atoms with Crippen LogP contribution in [0.15, 0.2) is 104 Å². The smallest absolute Gasteiger partial charge is 0.247 e. The Hall–Kier alpha value is -5.18. The van der Waals surface area contributed by atoms with Gasteiger partial charge in [0.1, 0.15) is 5.88 Å². The Bertz CT molecular complexity index is 2450. The number of nitrogens with zero attached hydrogens (tertiary/aromatic N) is 8. The molecule has 244 valence electrons. The number of rotatable bonds is 4. The zero-order valence-electron chi connectivity index (χ0n) is 24.9. The Morgan fingerprint density at radius 3 is 1.56 bits per heavy atom. The topological polar surface area (TPSA) is 106 Å². The fourth-order valence-electron chi connectivity index (χ4n) is 5.38. The molecule has 0 fully saturated rings. The third-order valence-corrected chi connectivity index (χ3v) is 7.55. The average Bonchev–Trinajstić information content (AvgIpc) is 3.89. The van der Waals surface area contributed by atoms with Crippen LogP contribution in [0.25, 0.3) is 66.6 Å². The Morgan fingerprint density at radius 1 is 0.562 bits per heavy atom. The molecule has 0 saturated carbocycles. The number of aromatic nitrogens is 8. The summed E-state index contributed by atoms with van der Waals surface area (Å²) in [5, 5.41) is 5.28. The van der Waals surface area contributed by atoms with Gasteiger partial charge in [-0.05, 0) is 21.5 Å². The van der Waals surface area contributed by atoms with Crippen LogP contribution in [0, 0.1) is 37.4 Å². The molecular weight excluding hydrogens is 975 g/mol. The Labute approximate surface area is 300 Å². The van der Waals surface area contributed by atoms with Crippen LogP contribution < -0.4 is 9.13 Å². The molecule has 8 heterocycles. The minimum absolute atomic E-state index is 0. The Morgan fingerprint density at radius 2 is 1.06 bits per heavy atom. The summed E-state index contributed by atoms with van der Waals surface area (Å²) in [6.45, 7) is 0. The molecule has 10 rings (SSSR count). The quantitative estimate of drug-likeness (QED) is 0.186. The molecular formula is C34H20N8O4Pt2-4. The van der Waals surface area contributed by atoms with Crippen molar-refractivity contribution in [2.45, 2.75) is 0 Å². The van der Waals surface area contributed by atoms with Gasteiger partial charge in [0.25, 0.3) is 0 Å². The number of fused-ring (bicyclic) bond motifs is 4. The van der Waals surface area contributed by atoms with Crippen LogP contribution in [0.5, 0.6) is 0 Å². The molecule has 0 saturated heterocycles. The van der Waals surface area contributed by atoms with Gasteiger partial charge in [-0.25, -0.2) is 0 Å². The van der Waals surface area contributed by atoms with Crippen molar-refractivity contribution in [2.75, 3.05) is 0 Å². The molecule has 10 aromatic rings. The molecule has 0 amide bonds. The number of furan rings is 4. The summed E-state index contributed by atoms with van der Waals surface area (Å²) in [6.07, 6.45) is 33.3. The van der Waals surface area contributed by atoms with E-state index in [-0.39, 0.29) is 42.1 Å². The molecule has 0 unspecified atom stereocenters. The average molecular weight is 995 g/mol. The predicted octanol–water partition coefficient (Wildman–Crippen LogP) is 4.76. The van der Waals surface area contributed by atoms with E-state index in [1.807, 2.05) is 70.9 Å². The van der Waals surface area contributed by atoms with E-state index in [9.17, 15) is 0 Å². The van der Waals surface area contributed by atoms with E-state index >= 15 is 0 Å². The van der Waals surface area contributed by atoms with E-state index in [0.29, 0.717) is 11.8 Å². The fourth-order valence-corrected chi connectivity index (χ4v) is 5.38. The first-order valence-corrected chi connectivity index (χ1v) is 14.0. The van der Waals surface area contributed by atoms with Crippen LogP contribution in [0.1, 0.15) is 0 Å². The first-order chi connectivity index (χ1) is 22.6. The molecule has 0 N–H and O–H groups in total. The largest absolute Gasteiger partial charge is 0.506 e. The third kappa shape index (κ3) is 5.27.